The highest BCUT2D eigenvalue weighted by molar-refractivity contribution is 14.1. The van der Waals surface area contributed by atoms with Crippen LogP contribution in [0.25, 0.3) is 0 Å². The van der Waals surface area contributed by atoms with Gasteiger partial charge in [0.1, 0.15) is 0 Å². The molecular weight excluding hydrogens is 614 g/mol. The molecule has 1 aliphatic heterocycles. The Balaban J connectivity index is 1.79. The first-order valence-corrected chi connectivity index (χ1v) is 13.3. The minimum Gasteiger partial charge on any atom is -0.207 e. The third-order valence-electron chi connectivity index (χ3n) is 4.32. The molecule has 10 heteroatoms. The Hall–Kier alpha value is -0.280. The molecule has 1 fully saturated rings. The van der Waals surface area contributed by atoms with Crippen molar-refractivity contribution in [2.24, 2.45) is 0 Å². The van der Waals surface area contributed by atoms with Crippen molar-refractivity contribution in [1.29, 1.82) is 0 Å². The van der Waals surface area contributed by atoms with E-state index in [0.29, 0.717) is 19.5 Å². The van der Waals surface area contributed by atoms with Crippen molar-refractivity contribution in [3.8, 4) is 0 Å². The van der Waals surface area contributed by atoms with Gasteiger partial charge < -0.3 is 0 Å². The maximum absolute atomic E-state index is 12.9. The van der Waals surface area contributed by atoms with Gasteiger partial charge >= 0.3 is 0 Å². The monoisotopic (exact) mass is 632 g/mol. The van der Waals surface area contributed by atoms with Gasteiger partial charge in [-0.3, -0.25) is 0 Å². The van der Waals surface area contributed by atoms with Crippen molar-refractivity contribution >= 4 is 65.2 Å². The van der Waals surface area contributed by atoms with Crippen LogP contribution in [0, 0.1) is 7.14 Å². The molecule has 2 aromatic carbocycles. The summed E-state index contributed by atoms with van der Waals surface area (Å²) < 4.78 is 56.1. The Morgan fingerprint density at radius 1 is 0.593 bits per heavy atom. The molecule has 0 aromatic heterocycles. The molecule has 1 aliphatic rings. The van der Waals surface area contributed by atoms with Gasteiger partial charge in [0.15, 0.2) is 0 Å². The number of sulfonamides is 2. The van der Waals surface area contributed by atoms with Crippen LogP contribution in [0.5, 0.6) is 0 Å². The van der Waals surface area contributed by atoms with Crippen molar-refractivity contribution < 1.29 is 16.8 Å². The van der Waals surface area contributed by atoms with E-state index in [0.717, 1.165) is 7.14 Å². The molecule has 0 atom stereocenters. The minimum atomic E-state index is -3.63. The topological polar surface area (TPSA) is 74.8 Å². The van der Waals surface area contributed by atoms with E-state index in [-0.39, 0.29) is 22.9 Å². The fourth-order valence-corrected chi connectivity index (χ4v) is 6.52. The van der Waals surface area contributed by atoms with Gasteiger partial charge in [-0.05, 0) is 100 Å². The van der Waals surface area contributed by atoms with Crippen LogP contribution < -0.4 is 0 Å². The van der Waals surface area contributed by atoms with E-state index in [1.54, 1.807) is 48.5 Å². The summed E-state index contributed by atoms with van der Waals surface area (Å²) in [6.07, 6.45) is 0.452. The largest absolute Gasteiger partial charge is 0.243 e. The summed E-state index contributed by atoms with van der Waals surface area (Å²) in [4.78, 5) is 0.466. The van der Waals surface area contributed by atoms with Crippen LogP contribution in [-0.4, -0.2) is 51.6 Å². The molecule has 0 bridgehead atoms. The molecule has 146 valence electrons. The van der Waals surface area contributed by atoms with Crippen LogP contribution in [0.4, 0.5) is 0 Å². The van der Waals surface area contributed by atoms with Crippen molar-refractivity contribution in [3.63, 3.8) is 0 Å². The van der Waals surface area contributed by atoms with Crippen molar-refractivity contribution in [2.45, 2.75) is 16.2 Å². The van der Waals surface area contributed by atoms with Crippen LogP contribution in [-0.2, 0) is 20.0 Å². The molecule has 0 saturated carbocycles. The van der Waals surface area contributed by atoms with Crippen LogP contribution in [0.3, 0.4) is 0 Å². The Morgan fingerprint density at radius 3 is 1.26 bits per heavy atom. The Labute approximate surface area is 187 Å². The van der Waals surface area contributed by atoms with E-state index >= 15 is 0 Å². The summed E-state index contributed by atoms with van der Waals surface area (Å²) >= 11 is 4.24. The molecule has 0 N–H and O–H groups in total. The zero-order valence-corrected chi connectivity index (χ0v) is 20.2. The molecular formula is C17H18I2N2O4S2. The minimum absolute atomic E-state index is 0.137. The molecule has 0 radical (unpaired) electrons. The average Bonchev–Trinajstić information content (AvgIpc) is 2.90. The van der Waals surface area contributed by atoms with Crippen molar-refractivity contribution in [3.05, 3.63) is 55.7 Å². The van der Waals surface area contributed by atoms with Gasteiger partial charge in [0.25, 0.3) is 0 Å². The zero-order valence-electron chi connectivity index (χ0n) is 14.3. The first kappa shape index (κ1) is 21.4. The van der Waals surface area contributed by atoms with Gasteiger partial charge in [-0.15, -0.1) is 0 Å². The second kappa shape index (κ2) is 8.61. The van der Waals surface area contributed by atoms with Crippen LogP contribution in [0.2, 0.25) is 0 Å². The lowest BCUT2D eigenvalue weighted by molar-refractivity contribution is 0.404. The van der Waals surface area contributed by atoms with E-state index < -0.39 is 20.0 Å². The number of hydrogen-bond donors (Lipinski definition) is 0. The first-order valence-electron chi connectivity index (χ1n) is 8.23. The summed E-state index contributed by atoms with van der Waals surface area (Å²) in [5.74, 6) is 0. The van der Waals surface area contributed by atoms with Crippen molar-refractivity contribution in [1.82, 2.24) is 8.61 Å². The van der Waals surface area contributed by atoms with Gasteiger partial charge in [-0.25, -0.2) is 16.8 Å². The van der Waals surface area contributed by atoms with E-state index in [4.69, 9.17) is 0 Å². The summed E-state index contributed by atoms with van der Waals surface area (Å²) in [6, 6.07) is 13.3. The van der Waals surface area contributed by atoms with E-state index in [2.05, 4.69) is 45.2 Å². The highest BCUT2D eigenvalue weighted by Gasteiger charge is 2.31. The summed E-state index contributed by atoms with van der Waals surface area (Å²) in [5, 5.41) is 0. The van der Waals surface area contributed by atoms with E-state index in [9.17, 15) is 16.8 Å². The number of benzene rings is 2. The molecule has 1 heterocycles. The Kier molecular flexibility index (Phi) is 6.84. The van der Waals surface area contributed by atoms with Crippen LogP contribution in [0.15, 0.2) is 58.3 Å². The fraction of sp³-hybridized carbons (Fsp3) is 0.294. The third-order valence-corrected chi connectivity index (χ3v) is 9.58. The third kappa shape index (κ3) is 4.83. The zero-order chi connectivity index (χ0) is 19.7. The van der Waals surface area contributed by atoms with Gasteiger partial charge in [0.2, 0.25) is 20.0 Å². The van der Waals surface area contributed by atoms with Gasteiger partial charge in [0, 0.05) is 33.3 Å². The highest BCUT2D eigenvalue weighted by Crippen LogP contribution is 2.22. The van der Waals surface area contributed by atoms with Gasteiger partial charge in [-0.2, -0.15) is 8.61 Å². The maximum atomic E-state index is 12.9. The molecule has 6 nitrogen and oxygen atoms in total. The van der Waals surface area contributed by atoms with E-state index in [1.165, 1.54) is 8.61 Å². The van der Waals surface area contributed by atoms with Crippen molar-refractivity contribution in [2.75, 3.05) is 26.2 Å². The number of halogens is 2. The average molecular weight is 632 g/mol. The summed E-state index contributed by atoms with van der Waals surface area (Å²) in [5.41, 5.74) is 0. The van der Waals surface area contributed by atoms with E-state index in [1.807, 2.05) is 0 Å². The second-order valence-electron chi connectivity index (χ2n) is 6.07. The first-order chi connectivity index (χ1) is 12.7. The smallest absolute Gasteiger partial charge is 0.207 e. The van der Waals surface area contributed by atoms with Gasteiger partial charge in [-0.1, -0.05) is 0 Å². The standard InChI is InChI=1S/C17H18I2N2O4S2/c18-14-2-6-16(7-3-14)26(22,23)20-10-1-11-21(13-12-20)27(24,25)17-8-4-15(19)5-9-17/h2-9H,1,10-13H2. The van der Waals surface area contributed by atoms with Crippen LogP contribution in [0.1, 0.15) is 6.42 Å². The Bertz CT molecular complexity index is 924. The fourth-order valence-electron chi connectivity index (χ4n) is 2.86. The lowest BCUT2D eigenvalue weighted by Crippen LogP contribution is -2.37. The van der Waals surface area contributed by atoms with Crippen LogP contribution >= 0.6 is 45.2 Å². The maximum Gasteiger partial charge on any atom is 0.243 e. The molecule has 0 unspecified atom stereocenters. The lowest BCUT2D eigenvalue weighted by atomic mass is 10.4. The highest BCUT2D eigenvalue weighted by atomic mass is 127. The number of nitrogens with zero attached hydrogens (tertiary/aromatic N) is 2. The lowest BCUT2D eigenvalue weighted by Gasteiger charge is -2.22. The molecule has 2 aromatic rings. The SMILES string of the molecule is O=S(=O)(c1ccc(I)cc1)N1CCCN(S(=O)(=O)c2ccc(I)cc2)CC1. The summed E-state index contributed by atoms with van der Waals surface area (Å²) in [6.45, 7) is 0.871. The number of rotatable bonds is 4. The molecule has 1 saturated heterocycles. The predicted octanol–water partition coefficient (Wildman–Crippen LogP) is 2.98. The quantitative estimate of drug-likeness (QED) is 0.487. The molecule has 0 amide bonds. The normalized spacial score (nSPS) is 17.6. The predicted molar refractivity (Wildman–Crippen MR) is 120 cm³/mol. The number of hydrogen-bond acceptors (Lipinski definition) is 4. The van der Waals surface area contributed by atoms with Gasteiger partial charge in [0.05, 0.1) is 9.79 Å². The Morgan fingerprint density at radius 2 is 0.926 bits per heavy atom. The molecule has 3 rings (SSSR count). The summed E-state index contributed by atoms with van der Waals surface area (Å²) in [7, 11) is -7.27. The molecule has 27 heavy (non-hydrogen) atoms. The molecule has 0 aliphatic carbocycles. The molecule has 0 spiro atoms. The second-order valence-corrected chi connectivity index (χ2v) is 12.4.